The molecule has 0 aliphatic rings. The molecule has 0 aliphatic carbocycles. The lowest BCUT2D eigenvalue weighted by Crippen LogP contribution is -2.00. The minimum absolute atomic E-state index is 0.0482. The maximum atomic E-state index is 12.1. The zero-order valence-electron chi connectivity index (χ0n) is 18.5. The third kappa shape index (κ3) is 7.86. The average molecular weight is 531 g/mol. The first-order valence-corrected chi connectivity index (χ1v) is 13.0. The van der Waals surface area contributed by atoms with Crippen molar-refractivity contribution in [2.45, 2.75) is 19.6 Å². The average Bonchev–Trinajstić information content (AvgIpc) is 2.86. The van der Waals surface area contributed by atoms with Gasteiger partial charge in [-0.2, -0.15) is 0 Å². The summed E-state index contributed by atoms with van der Waals surface area (Å²) in [6.07, 6.45) is -1.83. The van der Waals surface area contributed by atoms with Crippen molar-refractivity contribution in [1.29, 1.82) is 0 Å². The van der Waals surface area contributed by atoms with Crippen molar-refractivity contribution in [3.05, 3.63) is 109 Å². The Balaban J connectivity index is 0.000000221. The largest absolute Gasteiger partial charge is 0.508 e. The SMILES string of the molecule is O=C(O)O.O=S(=O)(c1ccccc1)c1ccc(O)cc1.O=S(=O)(c1ccccc1)c1ccc(O)cc1. The van der Waals surface area contributed by atoms with Gasteiger partial charge in [0.1, 0.15) is 11.5 Å². The predicted molar refractivity (Wildman–Crippen MR) is 131 cm³/mol. The highest BCUT2D eigenvalue weighted by Gasteiger charge is 2.17. The van der Waals surface area contributed by atoms with Crippen LogP contribution in [0, 0.1) is 0 Å². The van der Waals surface area contributed by atoms with E-state index in [4.69, 9.17) is 25.2 Å². The number of carboxylic acid groups (broad SMARTS) is 2. The molecule has 9 nitrogen and oxygen atoms in total. The minimum atomic E-state index is -3.47. The Morgan fingerprint density at radius 3 is 0.917 bits per heavy atom. The molecule has 4 aromatic carbocycles. The lowest BCUT2D eigenvalue weighted by molar-refractivity contribution is 0.137. The number of hydrogen-bond donors (Lipinski definition) is 4. The number of phenolic OH excluding ortho intramolecular Hbond substituents is 2. The summed E-state index contributed by atoms with van der Waals surface area (Å²) >= 11 is 0. The predicted octanol–water partition coefficient (Wildman–Crippen LogP) is 4.67. The van der Waals surface area contributed by atoms with E-state index < -0.39 is 25.8 Å². The van der Waals surface area contributed by atoms with Gasteiger partial charge in [0, 0.05) is 0 Å². The van der Waals surface area contributed by atoms with Crippen LogP contribution in [-0.4, -0.2) is 43.4 Å². The molecule has 36 heavy (non-hydrogen) atoms. The van der Waals surface area contributed by atoms with Gasteiger partial charge in [0.15, 0.2) is 0 Å². The van der Waals surface area contributed by atoms with Crippen LogP contribution in [0.5, 0.6) is 11.5 Å². The third-order valence-electron chi connectivity index (χ3n) is 4.40. The van der Waals surface area contributed by atoms with Crippen LogP contribution in [0.2, 0.25) is 0 Å². The van der Waals surface area contributed by atoms with Gasteiger partial charge in [-0.05, 0) is 72.8 Å². The van der Waals surface area contributed by atoms with Crippen molar-refractivity contribution in [1.82, 2.24) is 0 Å². The first-order chi connectivity index (χ1) is 16.9. The highest BCUT2D eigenvalue weighted by atomic mass is 32.2. The summed E-state index contributed by atoms with van der Waals surface area (Å²) in [5.74, 6) is 0.0963. The van der Waals surface area contributed by atoms with E-state index in [-0.39, 0.29) is 31.1 Å². The molecule has 0 heterocycles. The highest BCUT2D eigenvalue weighted by molar-refractivity contribution is 7.91. The third-order valence-corrected chi connectivity index (χ3v) is 7.97. The van der Waals surface area contributed by atoms with Gasteiger partial charge in [0.2, 0.25) is 19.7 Å². The van der Waals surface area contributed by atoms with E-state index in [9.17, 15) is 16.8 Å². The van der Waals surface area contributed by atoms with Gasteiger partial charge in [0.05, 0.1) is 19.6 Å². The lowest BCUT2D eigenvalue weighted by atomic mass is 10.3. The molecular weight excluding hydrogens is 508 g/mol. The van der Waals surface area contributed by atoms with Gasteiger partial charge in [-0.1, -0.05) is 36.4 Å². The number of phenols is 2. The molecule has 0 aliphatic heterocycles. The maximum Gasteiger partial charge on any atom is 0.503 e. The smallest absolute Gasteiger partial charge is 0.503 e. The number of rotatable bonds is 4. The molecule has 0 fully saturated rings. The summed E-state index contributed by atoms with van der Waals surface area (Å²) < 4.78 is 48.3. The van der Waals surface area contributed by atoms with Gasteiger partial charge < -0.3 is 20.4 Å². The summed E-state index contributed by atoms with van der Waals surface area (Å²) in [6, 6.07) is 27.4. The van der Waals surface area contributed by atoms with Crippen LogP contribution < -0.4 is 0 Å². The van der Waals surface area contributed by atoms with Crippen molar-refractivity contribution in [3.8, 4) is 11.5 Å². The summed E-state index contributed by atoms with van der Waals surface area (Å²) in [7, 11) is -6.93. The molecule has 4 N–H and O–H groups in total. The first-order valence-electron chi connectivity index (χ1n) is 10.0. The van der Waals surface area contributed by atoms with Crippen LogP contribution in [-0.2, 0) is 19.7 Å². The normalized spacial score (nSPS) is 10.7. The Kier molecular flexibility index (Phi) is 9.59. The molecule has 4 rings (SSSR count). The Labute approximate surface area is 208 Å². The van der Waals surface area contributed by atoms with Crippen molar-refractivity contribution in [3.63, 3.8) is 0 Å². The lowest BCUT2D eigenvalue weighted by Gasteiger charge is -2.03. The molecule has 4 aromatic rings. The van der Waals surface area contributed by atoms with Crippen molar-refractivity contribution in [2.24, 2.45) is 0 Å². The fraction of sp³-hybridized carbons (Fsp3) is 0. The Bertz CT molecular complexity index is 1350. The minimum Gasteiger partial charge on any atom is -0.508 e. The molecule has 0 saturated heterocycles. The van der Waals surface area contributed by atoms with Crippen LogP contribution in [0.3, 0.4) is 0 Å². The molecule has 0 atom stereocenters. The van der Waals surface area contributed by atoms with Gasteiger partial charge in [0.25, 0.3) is 0 Å². The standard InChI is InChI=1S/2C12H10O3S.CH2O3/c2*13-10-6-8-12(9-7-10)16(14,15)11-4-2-1-3-5-11;2-1(3)4/h2*1-9,13H;(H2,2,3,4). The van der Waals surface area contributed by atoms with Gasteiger partial charge in [-0.25, -0.2) is 21.6 Å². The second-order valence-electron chi connectivity index (χ2n) is 6.90. The van der Waals surface area contributed by atoms with Crippen LogP contribution >= 0.6 is 0 Å². The maximum absolute atomic E-state index is 12.1. The van der Waals surface area contributed by atoms with Crippen LogP contribution in [0.4, 0.5) is 4.79 Å². The fourth-order valence-electron chi connectivity index (χ4n) is 2.72. The first kappa shape index (κ1) is 27.9. The van der Waals surface area contributed by atoms with Crippen molar-refractivity contribution in [2.75, 3.05) is 0 Å². The van der Waals surface area contributed by atoms with Gasteiger partial charge in [-0.15, -0.1) is 0 Å². The van der Waals surface area contributed by atoms with Crippen molar-refractivity contribution >= 4 is 25.8 Å². The zero-order chi connectivity index (χ0) is 26.8. The van der Waals surface area contributed by atoms with E-state index in [0.717, 1.165) is 0 Å². The van der Waals surface area contributed by atoms with E-state index in [2.05, 4.69) is 0 Å². The highest BCUT2D eigenvalue weighted by Crippen LogP contribution is 2.23. The molecule has 0 spiro atoms. The number of hydrogen-bond acceptors (Lipinski definition) is 7. The van der Waals surface area contributed by atoms with E-state index in [1.54, 1.807) is 60.7 Å². The molecule has 0 unspecified atom stereocenters. The molecule has 0 aromatic heterocycles. The van der Waals surface area contributed by atoms with Crippen LogP contribution in [0.1, 0.15) is 0 Å². The number of benzene rings is 4. The fourth-order valence-corrected chi connectivity index (χ4v) is 5.29. The zero-order valence-corrected chi connectivity index (χ0v) is 20.2. The molecule has 0 radical (unpaired) electrons. The molecule has 0 saturated carbocycles. The Morgan fingerprint density at radius 1 is 0.444 bits per heavy atom. The number of carbonyl (C=O) groups is 1. The quantitative estimate of drug-likeness (QED) is 0.293. The second-order valence-corrected chi connectivity index (χ2v) is 10.8. The summed E-state index contributed by atoms with van der Waals surface area (Å²) in [5, 5.41) is 32.1. The van der Waals surface area contributed by atoms with Gasteiger partial charge in [-0.3, -0.25) is 0 Å². The summed E-state index contributed by atoms with van der Waals surface area (Å²) in [5.41, 5.74) is 0. The molecule has 0 amide bonds. The Morgan fingerprint density at radius 2 is 0.667 bits per heavy atom. The topological polar surface area (TPSA) is 166 Å². The van der Waals surface area contributed by atoms with Gasteiger partial charge >= 0.3 is 6.16 Å². The van der Waals surface area contributed by atoms with Crippen molar-refractivity contribution < 1.29 is 42.1 Å². The van der Waals surface area contributed by atoms with Crippen LogP contribution in [0.25, 0.3) is 0 Å². The van der Waals surface area contributed by atoms with E-state index in [1.165, 1.54) is 48.5 Å². The number of aromatic hydroxyl groups is 2. The molecule has 11 heteroatoms. The summed E-state index contributed by atoms with van der Waals surface area (Å²) in [6.45, 7) is 0. The van der Waals surface area contributed by atoms with E-state index in [0.29, 0.717) is 0 Å². The number of sulfone groups is 2. The second kappa shape index (κ2) is 12.4. The Hall–Kier alpha value is -4.35. The molecule has 0 bridgehead atoms. The van der Waals surface area contributed by atoms with E-state index in [1.807, 2.05) is 0 Å². The summed E-state index contributed by atoms with van der Waals surface area (Å²) in [4.78, 5) is 9.41. The molecule has 188 valence electrons. The van der Waals surface area contributed by atoms with Crippen LogP contribution in [0.15, 0.2) is 129 Å². The van der Waals surface area contributed by atoms with E-state index >= 15 is 0 Å². The monoisotopic (exact) mass is 530 g/mol. The molecular formula is C25H22O9S2.